The zero-order valence-electron chi connectivity index (χ0n) is 11.0. The second kappa shape index (κ2) is 6.66. The van der Waals surface area contributed by atoms with Crippen molar-refractivity contribution in [1.29, 1.82) is 0 Å². The predicted octanol–water partition coefficient (Wildman–Crippen LogP) is 3.73. The van der Waals surface area contributed by atoms with Crippen molar-refractivity contribution in [3.05, 3.63) is 52.0 Å². The van der Waals surface area contributed by atoms with E-state index in [-0.39, 0.29) is 0 Å². The molecule has 2 aromatic heterocycles. The Morgan fingerprint density at radius 3 is 2.94 bits per heavy atom. The summed E-state index contributed by atoms with van der Waals surface area (Å²) < 4.78 is 0. The zero-order chi connectivity index (χ0) is 12.8. The van der Waals surface area contributed by atoms with E-state index >= 15 is 0 Å². The highest BCUT2D eigenvalue weighted by molar-refractivity contribution is 7.09. The van der Waals surface area contributed by atoms with Crippen molar-refractivity contribution in [2.75, 3.05) is 7.05 Å². The molecule has 2 aromatic rings. The molecule has 1 atom stereocenters. The zero-order valence-corrected chi connectivity index (χ0v) is 11.8. The maximum Gasteiger partial charge on any atom is 0.0333 e. The van der Waals surface area contributed by atoms with Crippen LogP contribution in [-0.2, 0) is 6.42 Å². The molecule has 96 valence electrons. The van der Waals surface area contributed by atoms with Gasteiger partial charge in [-0.2, -0.15) is 0 Å². The van der Waals surface area contributed by atoms with Gasteiger partial charge in [0, 0.05) is 23.3 Å². The lowest BCUT2D eigenvalue weighted by atomic mass is 10.0. The van der Waals surface area contributed by atoms with E-state index in [1.807, 2.05) is 30.8 Å². The number of hydrogen-bond donors (Lipinski definition) is 1. The van der Waals surface area contributed by atoms with Gasteiger partial charge in [0.2, 0.25) is 0 Å². The van der Waals surface area contributed by atoms with Crippen LogP contribution in [0.4, 0.5) is 0 Å². The maximum atomic E-state index is 4.27. The average Bonchev–Trinajstić information content (AvgIpc) is 2.88. The summed E-state index contributed by atoms with van der Waals surface area (Å²) in [7, 11) is 2.03. The van der Waals surface area contributed by atoms with Crippen molar-refractivity contribution in [3.63, 3.8) is 0 Å². The van der Waals surface area contributed by atoms with Crippen LogP contribution in [0.15, 0.2) is 36.0 Å². The molecule has 0 aromatic carbocycles. The van der Waals surface area contributed by atoms with E-state index in [4.69, 9.17) is 0 Å². The number of hydrogen-bond acceptors (Lipinski definition) is 3. The number of nitrogens with zero attached hydrogens (tertiary/aromatic N) is 1. The van der Waals surface area contributed by atoms with Gasteiger partial charge in [-0.05, 0) is 55.8 Å². The van der Waals surface area contributed by atoms with Gasteiger partial charge in [-0.3, -0.25) is 4.98 Å². The number of nitrogens with one attached hydrogen (secondary N) is 1. The van der Waals surface area contributed by atoms with Gasteiger partial charge in [-0.15, -0.1) is 11.3 Å². The van der Waals surface area contributed by atoms with Crippen LogP contribution >= 0.6 is 11.3 Å². The van der Waals surface area contributed by atoms with Crippen LogP contribution in [0.25, 0.3) is 0 Å². The molecule has 18 heavy (non-hydrogen) atoms. The van der Waals surface area contributed by atoms with Gasteiger partial charge in [0.1, 0.15) is 0 Å². The minimum atomic E-state index is 0.414. The highest BCUT2D eigenvalue weighted by Gasteiger charge is 2.09. The molecule has 2 nitrogen and oxygen atoms in total. The lowest BCUT2D eigenvalue weighted by Crippen LogP contribution is -2.16. The molecule has 2 heterocycles. The molecule has 1 unspecified atom stereocenters. The van der Waals surface area contributed by atoms with Crippen LogP contribution in [0, 0.1) is 6.92 Å². The van der Waals surface area contributed by atoms with Crippen LogP contribution in [0.1, 0.15) is 34.9 Å². The summed E-state index contributed by atoms with van der Waals surface area (Å²) in [5.74, 6) is 0. The van der Waals surface area contributed by atoms with Crippen molar-refractivity contribution in [2.45, 2.75) is 32.2 Å². The first-order valence-electron chi connectivity index (χ1n) is 6.41. The van der Waals surface area contributed by atoms with Crippen molar-refractivity contribution in [1.82, 2.24) is 10.3 Å². The predicted molar refractivity (Wildman–Crippen MR) is 78.0 cm³/mol. The minimum Gasteiger partial charge on any atom is -0.313 e. The smallest absolute Gasteiger partial charge is 0.0333 e. The molecule has 2 rings (SSSR count). The Labute approximate surface area is 113 Å². The quantitative estimate of drug-likeness (QED) is 0.856. The molecule has 0 aliphatic rings. The summed E-state index contributed by atoms with van der Waals surface area (Å²) in [6.07, 6.45) is 7.41. The summed E-state index contributed by atoms with van der Waals surface area (Å²) in [5.41, 5.74) is 2.52. The van der Waals surface area contributed by atoms with Crippen LogP contribution in [0.2, 0.25) is 0 Å². The molecule has 0 aliphatic carbocycles. The number of thiophene rings is 1. The summed E-state index contributed by atoms with van der Waals surface area (Å²) in [4.78, 5) is 5.75. The van der Waals surface area contributed by atoms with Gasteiger partial charge >= 0.3 is 0 Å². The fourth-order valence-corrected chi connectivity index (χ4v) is 2.93. The van der Waals surface area contributed by atoms with Crippen LogP contribution < -0.4 is 5.32 Å². The molecule has 1 N–H and O–H groups in total. The van der Waals surface area contributed by atoms with Gasteiger partial charge < -0.3 is 5.32 Å². The monoisotopic (exact) mass is 260 g/mol. The Bertz CT molecular complexity index is 465. The molecule has 0 saturated carbocycles. The van der Waals surface area contributed by atoms with Crippen LogP contribution in [-0.4, -0.2) is 12.0 Å². The summed E-state index contributed by atoms with van der Waals surface area (Å²) in [6.45, 7) is 2.09. The summed E-state index contributed by atoms with van der Waals surface area (Å²) in [5, 5.41) is 5.54. The van der Waals surface area contributed by atoms with E-state index < -0.39 is 0 Å². The van der Waals surface area contributed by atoms with Crippen LogP contribution in [0.3, 0.4) is 0 Å². The van der Waals surface area contributed by atoms with Gasteiger partial charge in [-0.25, -0.2) is 0 Å². The molecule has 0 radical (unpaired) electrons. The minimum absolute atomic E-state index is 0.414. The SMILES string of the molecule is CNC(CCCc1cccs1)c1cncc(C)c1. The molecule has 0 fully saturated rings. The second-order valence-electron chi connectivity index (χ2n) is 4.61. The normalized spacial score (nSPS) is 12.6. The van der Waals surface area contributed by atoms with E-state index in [2.05, 4.69) is 40.8 Å². The highest BCUT2D eigenvalue weighted by atomic mass is 32.1. The first-order chi connectivity index (χ1) is 8.79. The third kappa shape index (κ3) is 3.65. The molecule has 3 heteroatoms. The van der Waals surface area contributed by atoms with Gasteiger partial charge in [0.15, 0.2) is 0 Å². The number of pyridine rings is 1. The Hall–Kier alpha value is -1.19. The largest absolute Gasteiger partial charge is 0.313 e. The van der Waals surface area contributed by atoms with Gasteiger partial charge in [0.25, 0.3) is 0 Å². The Kier molecular flexibility index (Phi) is 4.90. The number of rotatable bonds is 6. The highest BCUT2D eigenvalue weighted by Crippen LogP contribution is 2.20. The number of aryl methyl sites for hydroxylation is 2. The van der Waals surface area contributed by atoms with Crippen LogP contribution in [0.5, 0.6) is 0 Å². The van der Waals surface area contributed by atoms with Gasteiger partial charge in [0.05, 0.1) is 0 Å². The van der Waals surface area contributed by atoms with E-state index in [0.717, 1.165) is 6.42 Å². The lowest BCUT2D eigenvalue weighted by molar-refractivity contribution is 0.526. The fraction of sp³-hybridized carbons (Fsp3) is 0.400. The van der Waals surface area contributed by atoms with E-state index in [1.54, 1.807) is 0 Å². The lowest BCUT2D eigenvalue weighted by Gasteiger charge is -2.16. The molecule has 0 saturated heterocycles. The summed E-state index contributed by atoms with van der Waals surface area (Å²) >= 11 is 1.85. The first kappa shape index (κ1) is 13.2. The Balaban J connectivity index is 1.89. The molecular weight excluding hydrogens is 240 g/mol. The Morgan fingerprint density at radius 2 is 2.28 bits per heavy atom. The maximum absolute atomic E-state index is 4.27. The number of aromatic nitrogens is 1. The molecule has 0 amide bonds. The summed E-state index contributed by atoms with van der Waals surface area (Å²) in [6, 6.07) is 6.98. The second-order valence-corrected chi connectivity index (χ2v) is 5.64. The van der Waals surface area contributed by atoms with Crippen molar-refractivity contribution < 1.29 is 0 Å². The topological polar surface area (TPSA) is 24.9 Å². The molecular formula is C15H20N2S. The van der Waals surface area contributed by atoms with E-state index in [0.29, 0.717) is 6.04 Å². The molecule has 0 bridgehead atoms. The third-order valence-electron chi connectivity index (χ3n) is 3.14. The standard InChI is InChI=1S/C15H20N2S/c1-12-9-13(11-17-10-12)15(16-2)7-3-5-14-6-4-8-18-14/h4,6,8-11,15-16H,3,5,7H2,1-2H3. The first-order valence-corrected chi connectivity index (χ1v) is 7.29. The molecule has 0 aliphatic heterocycles. The van der Waals surface area contributed by atoms with Gasteiger partial charge in [-0.1, -0.05) is 12.1 Å². The fourth-order valence-electron chi connectivity index (χ4n) is 2.18. The Morgan fingerprint density at radius 1 is 1.39 bits per heavy atom. The van der Waals surface area contributed by atoms with E-state index in [9.17, 15) is 0 Å². The van der Waals surface area contributed by atoms with E-state index in [1.165, 1.54) is 28.8 Å². The van der Waals surface area contributed by atoms with Crippen molar-refractivity contribution >= 4 is 11.3 Å². The third-order valence-corrected chi connectivity index (χ3v) is 4.08. The molecule has 0 spiro atoms. The average molecular weight is 260 g/mol. The van der Waals surface area contributed by atoms with Crippen molar-refractivity contribution in [2.24, 2.45) is 0 Å². The van der Waals surface area contributed by atoms with Crippen molar-refractivity contribution in [3.8, 4) is 0 Å².